The van der Waals surface area contributed by atoms with Gasteiger partial charge in [-0.25, -0.2) is 15.0 Å². The Morgan fingerprint density at radius 2 is 2.10 bits per heavy atom. The van der Waals surface area contributed by atoms with Crippen LogP contribution in [0.25, 0.3) is 20.4 Å². The fourth-order valence-corrected chi connectivity index (χ4v) is 3.92. The van der Waals surface area contributed by atoms with E-state index in [0.717, 1.165) is 38.5 Å². The zero-order valence-corrected chi connectivity index (χ0v) is 13.2. The largest absolute Gasteiger partial charge is 0.395 e. The Hall–Kier alpha value is -1.79. The average molecular weight is 302 g/mol. The van der Waals surface area contributed by atoms with Gasteiger partial charge >= 0.3 is 0 Å². The molecule has 0 aliphatic carbocycles. The Balaban J connectivity index is 2.31. The molecule has 5 nitrogen and oxygen atoms in total. The van der Waals surface area contributed by atoms with E-state index in [2.05, 4.69) is 39.8 Å². The molecule has 0 radical (unpaired) electrons. The highest BCUT2D eigenvalue weighted by atomic mass is 32.1. The number of aryl methyl sites for hydroxylation is 2. The smallest absolute Gasteiger partial charge is 0.150 e. The maximum Gasteiger partial charge on any atom is 0.150 e. The van der Waals surface area contributed by atoms with Gasteiger partial charge < -0.3 is 10.0 Å². The Bertz CT molecular complexity index is 799. The minimum absolute atomic E-state index is 0.112. The van der Waals surface area contributed by atoms with E-state index in [4.69, 9.17) is 0 Å². The number of nitrogens with zero attached hydrogens (tertiary/aromatic N) is 4. The normalized spacial score (nSPS) is 11.4. The first kappa shape index (κ1) is 14.2. The number of aliphatic hydroxyl groups excluding tert-OH is 1. The second kappa shape index (κ2) is 5.54. The van der Waals surface area contributed by atoms with Crippen LogP contribution in [0.2, 0.25) is 0 Å². The van der Waals surface area contributed by atoms with Crippen LogP contribution in [0.1, 0.15) is 18.2 Å². The molecule has 0 unspecified atom stereocenters. The van der Waals surface area contributed by atoms with Gasteiger partial charge in [-0.05, 0) is 32.4 Å². The molecule has 6 heteroatoms. The molecular formula is C15H18N4OS. The molecule has 3 aromatic heterocycles. The predicted octanol–water partition coefficient (Wildman–Crippen LogP) is 2.67. The van der Waals surface area contributed by atoms with Crippen molar-refractivity contribution < 1.29 is 5.11 Å². The number of pyridine rings is 1. The van der Waals surface area contributed by atoms with Gasteiger partial charge in [-0.1, -0.05) is 0 Å². The first-order valence-electron chi connectivity index (χ1n) is 7.03. The fourth-order valence-electron chi connectivity index (χ4n) is 2.66. The van der Waals surface area contributed by atoms with Gasteiger partial charge in [-0.15, -0.1) is 11.3 Å². The lowest BCUT2D eigenvalue weighted by Crippen LogP contribution is -2.27. The van der Waals surface area contributed by atoms with Gasteiger partial charge in [0.2, 0.25) is 0 Å². The van der Waals surface area contributed by atoms with Crippen LogP contribution >= 0.6 is 11.3 Å². The minimum atomic E-state index is 0.112. The van der Waals surface area contributed by atoms with Crippen molar-refractivity contribution in [3.05, 3.63) is 23.7 Å². The Kier molecular flexibility index (Phi) is 3.73. The summed E-state index contributed by atoms with van der Waals surface area (Å²) in [4.78, 5) is 16.6. The number of likely N-dealkylation sites (N-methyl/N-ethyl adjacent to an activating group) is 1. The molecule has 110 valence electrons. The van der Waals surface area contributed by atoms with Crippen molar-refractivity contribution >= 4 is 37.6 Å². The van der Waals surface area contributed by atoms with Crippen molar-refractivity contribution in [2.24, 2.45) is 0 Å². The molecule has 0 amide bonds. The third-order valence-corrected chi connectivity index (χ3v) is 4.65. The third-order valence-electron chi connectivity index (χ3n) is 3.58. The summed E-state index contributed by atoms with van der Waals surface area (Å²) in [5.74, 6) is 0.886. The topological polar surface area (TPSA) is 62.1 Å². The maximum atomic E-state index is 9.23. The molecule has 0 spiro atoms. The number of aromatic nitrogens is 3. The van der Waals surface area contributed by atoms with Crippen LogP contribution in [0.4, 0.5) is 5.82 Å². The molecule has 0 aromatic carbocycles. The van der Waals surface area contributed by atoms with Gasteiger partial charge in [0.25, 0.3) is 0 Å². The highest BCUT2D eigenvalue weighted by Crippen LogP contribution is 2.37. The molecule has 0 aliphatic heterocycles. The highest BCUT2D eigenvalue weighted by molar-refractivity contribution is 7.26. The summed E-state index contributed by atoms with van der Waals surface area (Å²) in [6.07, 6.45) is 1.60. The van der Waals surface area contributed by atoms with E-state index in [9.17, 15) is 5.11 Å². The Morgan fingerprint density at radius 1 is 1.29 bits per heavy atom. The molecule has 3 aromatic rings. The molecular weight excluding hydrogens is 284 g/mol. The summed E-state index contributed by atoms with van der Waals surface area (Å²) in [5, 5.41) is 10.3. The number of fused-ring (bicyclic) bond motifs is 3. The number of hydrogen-bond donors (Lipinski definition) is 1. The van der Waals surface area contributed by atoms with Crippen LogP contribution in [0.3, 0.4) is 0 Å². The molecule has 0 atom stereocenters. The van der Waals surface area contributed by atoms with Gasteiger partial charge in [-0.3, -0.25) is 0 Å². The molecule has 0 bridgehead atoms. The van der Waals surface area contributed by atoms with E-state index in [-0.39, 0.29) is 6.61 Å². The lowest BCUT2D eigenvalue weighted by Gasteiger charge is -2.20. The molecule has 0 saturated heterocycles. The zero-order valence-electron chi connectivity index (χ0n) is 12.4. The van der Waals surface area contributed by atoms with Crippen molar-refractivity contribution in [1.82, 2.24) is 15.0 Å². The summed E-state index contributed by atoms with van der Waals surface area (Å²) in [6, 6.07) is 2.08. The van der Waals surface area contributed by atoms with Gasteiger partial charge in [0.05, 0.1) is 16.8 Å². The van der Waals surface area contributed by atoms with E-state index >= 15 is 0 Å². The van der Waals surface area contributed by atoms with Crippen molar-refractivity contribution in [2.75, 3.05) is 24.6 Å². The molecule has 1 N–H and O–H groups in total. The van der Waals surface area contributed by atoms with Gasteiger partial charge in [0.1, 0.15) is 17.0 Å². The van der Waals surface area contributed by atoms with Crippen molar-refractivity contribution in [3.8, 4) is 0 Å². The van der Waals surface area contributed by atoms with E-state index in [1.807, 2.05) is 6.92 Å². The highest BCUT2D eigenvalue weighted by Gasteiger charge is 2.17. The third kappa shape index (κ3) is 2.34. The van der Waals surface area contributed by atoms with Crippen LogP contribution in [-0.2, 0) is 0 Å². The van der Waals surface area contributed by atoms with Crippen LogP contribution < -0.4 is 4.90 Å². The average Bonchev–Trinajstić information content (AvgIpc) is 2.83. The maximum absolute atomic E-state index is 9.23. The number of thiophene rings is 1. The summed E-state index contributed by atoms with van der Waals surface area (Å²) in [5.41, 5.74) is 3.17. The van der Waals surface area contributed by atoms with Crippen LogP contribution in [0.5, 0.6) is 0 Å². The summed E-state index contributed by atoms with van der Waals surface area (Å²) >= 11 is 1.63. The summed E-state index contributed by atoms with van der Waals surface area (Å²) in [6.45, 7) is 7.64. The molecule has 0 fully saturated rings. The standard InChI is InChI=1S/C15H18N4OS/c1-4-19(5-6-20)14-13-12(16-8-17-14)11-9(2)7-10(3)18-15(11)21-13/h7-8,20H,4-6H2,1-3H3. The van der Waals surface area contributed by atoms with Crippen molar-refractivity contribution in [1.29, 1.82) is 0 Å². The number of anilines is 1. The fraction of sp³-hybridized carbons (Fsp3) is 0.400. The monoisotopic (exact) mass is 302 g/mol. The van der Waals surface area contributed by atoms with Gasteiger partial charge in [0, 0.05) is 24.2 Å². The number of aliphatic hydroxyl groups is 1. The summed E-state index contributed by atoms with van der Waals surface area (Å²) in [7, 11) is 0. The zero-order chi connectivity index (χ0) is 15.0. The van der Waals surface area contributed by atoms with E-state index in [1.54, 1.807) is 17.7 Å². The minimum Gasteiger partial charge on any atom is -0.395 e. The molecule has 21 heavy (non-hydrogen) atoms. The number of hydrogen-bond acceptors (Lipinski definition) is 6. The van der Waals surface area contributed by atoms with Crippen LogP contribution in [0, 0.1) is 13.8 Å². The number of rotatable bonds is 4. The first-order valence-corrected chi connectivity index (χ1v) is 7.84. The molecule has 3 heterocycles. The Labute approximate surface area is 127 Å². The molecule has 0 aliphatic rings. The second-order valence-corrected chi connectivity index (χ2v) is 6.04. The predicted molar refractivity (Wildman–Crippen MR) is 87.2 cm³/mol. The van der Waals surface area contributed by atoms with Gasteiger partial charge in [0.15, 0.2) is 0 Å². The Morgan fingerprint density at radius 3 is 2.81 bits per heavy atom. The first-order chi connectivity index (χ1) is 10.2. The second-order valence-electron chi connectivity index (χ2n) is 5.04. The van der Waals surface area contributed by atoms with Crippen LogP contribution in [0.15, 0.2) is 12.4 Å². The van der Waals surface area contributed by atoms with Crippen molar-refractivity contribution in [2.45, 2.75) is 20.8 Å². The van der Waals surface area contributed by atoms with Crippen molar-refractivity contribution in [3.63, 3.8) is 0 Å². The van der Waals surface area contributed by atoms with E-state index < -0.39 is 0 Å². The molecule has 0 saturated carbocycles. The SMILES string of the molecule is CCN(CCO)c1ncnc2c1sc1nc(C)cc(C)c12. The van der Waals surface area contributed by atoms with Gasteiger partial charge in [-0.2, -0.15) is 0 Å². The van der Waals surface area contributed by atoms with Crippen LogP contribution in [-0.4, -0.2) is 39.8 Å². The molecule has 3 rings (SSSR count). The summed E-state index contributed by atoms with van der Waals surface area (Å²) < 4.78 is 1.05. The lowest BCUT2D eigenvalue weighted by atomic mass is 10.1. The van der Waals surface area contributed by atoms with E-state index in [0.29, 0.717) is 6.54 Å². The van der Waals surface area contributed by atoms with E-state index in [1.165, 1.54) is 5.56 Å². The lowest BCUT2D eigenvalue weighted by molar-refractivity contribution is 0.302. The quantitative estimate of drug-likeness (QED) is 0.803.